The van der Waals surface area contributed by atoms with Crippen molar-refractivity contribution in [3.8, 4) is 11.5 Å². The Hall–Kier alpha value is -3.54. The number of aromatic nitrogens is 2. The molecule has 8 nitrogen and oxygen atoms in total. The molecular weight excluding hydrogens is 461 g/mol. The molecule has 0 radical (unpaired) electrons. The molecule has 1 N–H and O–H groups in total. The maximum absolute atomic E-state index is 13.3. The maximum atomic E-state index is 13.3. The third-order valence-corrected chi connectivity index (χ3v) is 6.30. The van der Waals surface area contributed by atoms with E-state index in [4.69, 9.17) is 9.47 Å². The topological polar surface area (TPSA) is 93.7 Å². The van der Waals surface area contributed by atoms with Crippen molar-refractivity contribution in [1.82, 2.24) is 9.97 Å². The normalized spacial score (nSPS) is 13.8. The molecular formula is C21H19F3N4O4S. The summed E-state index contributed by atoms with van der Waals surface area (Å²) in [5, 5.41) is 0. The van der Waals surface area contributed by atoms with Gasteiger partial charge in [0.2, 0.25) is 0 Å². The van der Waals surface area contributed by atoms with Crippen molar-refractivity contribution in [3.05, 3.63) is 66.1 Å². The lowest BCUT2D eigenvalue weighted by molar-refractivity contribution is -0.139. The summed E-state index contributed by atoms with van der Waals surface area (Å²) < 4.78 is 78.8. The van der Waals surface area contributed by atoms with E-state index in [1.807, 2.05) is 19.2 Å². The first-order chi connectivity index (χ1) is 15.6. The number of benzene rings is 2. The van der Waals surface area contributed by atoms with Crippen molar-refractivity contribution in [2.24, 2.45) is 0 Å². The van der Waals surface area contributed by atoms with Crippen LogP contribution in [-0.2, 0) is 22.8 Å². The minimum absolute atomic E-state index is 0.0294. The lowest BCUT2D eigenvalue weighted by Gasteiger charge is -2.28. The van der Waals surface area contributed by atoms with Crippen LogP contribution in [0.15, 0.2) is 59.9 Å². The van der Waals surface area contributed by atoms with Crippen LogP contribution in [0.25, 0.3) is 0 Å². The molecule has 0 atom stereocenters. The molecule has 1 aromatic heterocycles. The van der Waals surface area contributed by atoms with Gasteiger partial charge in [-0.25, -0.2) is 18.4 Å². The standard InChI is InChI=1S/C21H19F3N4O4S/c1-28-8-9-31-17-10-14(6-7-16(17)28)12-32-18-11-25-13-26-20(18)27-33(29,30)19-5-3-2-4-15(19)21(22,23)24/h2-7,10-11,13H,8-9,12H2,1H3,(H,25,26,27). The molecule has 0 amide bonds. The van der Waals surface area contributed by atoms with Crippen LogP contribution in [0.2, 0.25) is 0 Å². The largest absolute Gasteiger partial charge is 0.490 e. The highest BCUT2D eigenvalue weighted by atomic mass is 32.2. The Balaban J connectivity index is 1.55. The van der Waals surface area contributed by atoms with Gasteiger partial charge in [-0.2, -0.15) is 13.2 Å². The number of rotatable bonds is 6. The van der Waals surface area contributed by atoms with Gasteiger partial charge in [0.1, 0.15) is 25.3 Å². The second kappa shape index (κ2) is 8.77. The van der Waals surface area contributed by atoms with Gasteiger partial charge in [-0.15, -0.1) is 0 Å². The molecule has 0 aliphatic carbocycles. The summed E-state index contributed by atoms with van der Waals surface area (Å²) in [5.41, 5.74) is 0.391. The van der Waals surface area contributed by atoms with E-state index in [0.717, 1.165) is 36.3 Å². The number of hydrogen-bond acceptors (Lipinski definition) is 7. The van der Waals surface area contributed by atoms with Gasteiger partial charge in [-0.05, 0) is 29.8 Å². The zero-order chi connectivity index (χ0) is 23.6. The van der Waals surface area contributed by atoms with E-state index in [2.05, 4.69) is 19.6 Å². The summed E-state index contributed by atoms with van der Waals surface area (Å²) in [7, 11) is -2.66. The van der Waals surface area contributed by atoms with Crippen LogP contribution in [0.1, 0.15) is 11.1 Å². The van der Waals surface area contributed by atoms with E-state index in [0.29, 0.717) is 18.4 Å². The monoisotopic (exact) mass is 480 g/mol. The fraction of sp³-hybridized carbons (Fsp3) is 0.238. The number of alkyl halides is 3. The lowest BCUT2D eigenvalue weighted by atomic mass is 10.1. The summed E-state index contributed by atoms with van der Waals surface area (Å²) in [4.78, 5) is 8.79. The number of anilines is 2. The van der Waals surface area contributed by atoms with E-state index >= 15 is 0 Å². The molecule has 2 heterocycles. The summed E-state index contributed by atoms with van der Waals surface area (Å²) in [6.07, 6.45) is -2.56. The molecule has 2 aromatic carbocycles. The average Bonchev–Trinajstić information content (AvgIpc) is 2.78. The fourth-order valence-corrected chi connectivity index (χ4v) is 4.52. The highest BCUT2D eigenvalue weighted by Crippen LogP contribution is 2.35. The highest BCUT2D eigenvalue weighted by molar-refractivity contribution is 7.92. The zero-order valence-electron chi connectivity index (χ0n) is 17.3. The van der Waals surface area contributed by atoms with Crippen LogP contribution in [0.4, 0.5) is 24.7 Å². The first-order valence-electron chi connectivity index (χ1n) is 9.74. The number of hydrogen-bond donors (Lipinski definition) is 1. The number of halogens is 3. The second-order valence-corrected chi connectivity index (χ2v) is 8.85. The molecule has 0 unspecified atom stereocenters. The van der Waals surface area contributed by atoms with Gasteiger partial charge < -0.3 is 14.4 Å². The summed E-state index contributed by atoms with van der Waals surface area (Å²) in [6, 6.07) is 9.40. The van der Waals surface area contributed by atoms with Gasteiger partial charge >= 0.3 is 6.18 Å². The first kappa shape index (κ1) is 22.6. The number of likely N-dealkylation sites (N-methyl/N-ethyl adjacent to an activating group) is 1. The molecule has 174 valence electrons. The van der Waals surface area contributed by atoms with Crippen LogP contribution >= 0.6 is 0 Å². The van der Waals surface area contributed by atoms with Crippen molar-refractivity contribution in [2.45, 2.75) is 17.7 Å². The number of sulfonamides is 1. The predicted molar refractivity (Wildman–Crippen MR) is 114 cm³/mol. The molecule has 0 saturated heterocycles. The molecule has 0 saturated carbocycles. The van der Waals surface area contributed by atoms with Gasteiger partial charge in [0.05, 0.1) is 28.9 Å². The Labute approximate surface area is 188 Å². The SMILES string of the molecule is CN1CCOc2cc(COc3cncnc3NS(=O)(=O)c3ccccc3C(F)(F)F)ccc21. The quantitative estimate of drug-likeness (QED) is 0.575. The Kier molecular flexibility index (Phi) is 6.02. The van der Waals surface area contributed by atoms with Crippen LogP contribution in [0, 0.1) is 0 Å². The minimum atomic E-state index is -4.85. The van der Waals surface area contributed by atoms with Gasteiger partial charge in [-0.3, -0.25) is 4.72 Å². The van der Waals surface area contributed by atoms with E-state index in [9.17, 15) is 21.6 Å². The third-order valence-electron chi connectivity index (χ3n) is 4.91. The van der Waals surface area contributed by atoms with Crippen LogP contribution in [-0.4, -0.2) is 38.6 Å². The second-order valence-electron chi connectivity index (χ2n) is 7.20. The smallest absolute Gasteiger partial charge is 0.417 e. The summed E-state index contributed by atoms with van der Waals surface area (Å²) >= 11 is 0. The van der Waals surface area contributed by atoms with E-state index in [1.54, 1.807) is 6.07 Å². The molecule has 0 spiro atoms. The number of fused-ring (bicyclic) bond motifs is 1. The van der Waals surface area contributed by atoms with Gasteiger partial charge in [0, 0.05) is 7.05 Å². The van der Waals surface area contributed by atoms with Crippen LogP contribution < -0.4 is 19.1 Å². The Morgan fingerprint density at radius 1 is 1.21 bits per heavy atom. The van der Waals surface area contributed by atoms with Crippen molar-refractivity contribution < 1.29 is 31.1 Å². The van der Waals surface area contributed by atoms with Gasteiger partial charge in [-0.1, -0.05) is 18.2 Å². The number of ether oxygens (including phenoxy) is 2. The maximum Gasteiger partial charge on any atom is 0.417 e. The minimum Gasteiger partial charge on any atom is -0.490 e. The highest BCUT2D eigenvalue weighted by Gasteiger charge is 2.37. The lowest BCUT2D eigenvalue weighted by Crippen LogP contribution is -2.28. The summed E-state index contributed by atoms with van der Waals surface area (Å²) in [5.74, 6) is 0.371. The van der Waals surface area contributed by atoms with Gasteiger partial charge in [0.15, 0.2) is 11.6 Å². The molecule has 3 aromatic rings. The molecule has 1 aliphatic rings. The molecule has 4 rings (SSSR count). The van der Waals surface area contributed by atoms with Crippen LogP contribution in [0.5, 0.6) is 11.5 Å². The van der Waals surface area contributed by atoms with Crippen molar-refractivity contribution >= 4 is 21.5 Å². The van der Waals surface area contributed by atoms with Gasteiger partial charge in [0.25, 0.3) is 10.0 Å². The Morgan fingerprint density at radius 2 is 2.00 bits per heavy atom. The molecule has 0 bridgehead atoms. The van der Waals surface area contributed by atoms with E-state index < -0.39 is 26.7 Å². The molecule has 1 aliphatic heterocycles. The fourth-order valence-electron chi connectivity index (χ4n) is 3.27. The van der Waals surface area contributed by atoms with Crippen molar-refractivity contribution in [2.75, 3.05) is 29.8 Å². The average molecular weight is 480 g/mol. The Bertz CT molecular complexity index is 1270. The van der Waals surface area contributed by atoms with Crippen molar-refractivity contribution in [3.63, 3.8) is 0 Å². The van der Waals surface area contributed by atoms with Crippen molar-refractivity contribution in [1.29, 1.82) is 0 Å². The Morgan fingerprint density at radius 3 is 2.79 bits per heavy atom. The van der Waals surface area contributed by atoms with Crippen LogP contribution in [0.3, 0.4) is 0 Å². The number of nitrogens with zero attached hydrogens (tertiary/aromatic N) is 3. The van der Waals surface area contributed by atoms with E-state index in [-0.39, 0.29) is 18.2 Å². The number of nitrogens with one attached hydrogen (secondary N) is 1. The zero-order valence-corrected chi connectivity index (χ0v) is 18.2. The first-order valence-corrected chi connectivity index (χ1v) is 11.2. The van der Waals surface area contributed by atoms with E-state index in [1.165, 1.54) is 12.3 Å². The molecule has 33 heavy (non-hydrogen) atoms. The predicted octanol–water partition coefficient (Wildman–Crippen LogP) is 3.70. The third kappa shape index (κ3) is 4.95. The molecule has 0 fully saturated rings. The molecule has 12 heteroatoms. The summed E-state index contributed by atoms with van der Waals surface area (Å²) in [6.45, 7) is 1.35.